The van der Waals surface area contributed by atoms with Crippen LogP contribution in [0.15, 0.2) is 22.0 Å². The predicted molar refractivity (Wildman–Crippen MR) is 65.4 cm³/mol. The van der Waals surface area contributed by atoms with E-state index in [1.54, 1.807) is 12.3 Å². The molecule has 1 aliphatic rings. The maximum atomic E-state index is 12.1. The van der Waals surface area contributed by atoms with Crippen molar-refractivity contribution in [2.75, 3.05) is 13.7 Å². The first-order chi connectivity index (χ1) is 8.41. The van der Waals surface area contributed by atoms with E-state index in [2.05, 4.69) is 0 Å². The number of nitrogens with zero attached hydrogens (tertiary/aromatic N) is 1. The molecule has 2 rings (SSSR count). The van der Waals surface area contributed by atoms with Gasteiger partial charge in [0.1, 0.15) is 4.90 Å². The second kappa shape index (κ2) is 4.29. The number of fused-ring (bicyclic) bond motifs is 1. The summed E-state index contributed by atoms with van der Waals surface area (Å²) in [6, 6.07) is 1.39. The molecule has 2 heterocycles. The molecule has 0 saturated carbocycles. The normalized spacial score (nSPS) is 17.6. The fraction of sp³-hybridized carbons (Fsp3) is 0.300. The highest BCUT2D eigenvalue weighted by molar-refractivity contribution is 7.89. The molecule has 1 N–H and O–H groups in total. The van der Waals surface area contributed by atoms with Gasteiger partial charge in [-0.3, -0.25) is 4.31 Å². The van der Waals surface area contributed by atoms with Crippen LogP contribution < -0.4 is 0 Å². The average Bonchev–Trinajstić information content (AvgIpc) is 2.77. The molecule has 0 aliphatic carbocycles. The Kier molecular flexibility index (Phi) is 3.07. The predicted octanol–water partition coefficient (Wildman–Crippen LogP) is 1.17. The van der Waals surface area contributed by atoms with Crippen molar-refractivity contribution >= 4 is 33.1 Å². The van der Waals surface area contributed by atoms with Gasteiger partial charge in [-0.05, 0) is 18.4 Å². The molecule has 0 bridgehead atoms. The third kappa shape index (κ3) is 1.68. The van der Waals surface area contributed by atoms with Gasteiger partial charge in [0.2, 0.25) is 0 Å². The Labute approximate surface area is 108 Å². The molecule has 0 fully saturated rings. The van der Waals surface area contributed by atoms with Crippen LogP contribution in [0.5, 0.6) is 0 Å². The fourth-order valence-electron chi connectivity index (χ4n) is 1.62. The van der Waals surface area contributed by atoms with Crippen LogP contribution in [0.3, 0.4) is 0 Å². The highest BCUT2D eigenvalue weighted by atomic mass is 32.2. The van der Waals surface area contributed by atoms with Crippen LogP contribution in [0.2, 0.25) is 0 Å². The summed E-state index contributed by atoms with van der Waals surface area (Å²) in [6.07, 6.45) is 0. The summed E-state index contributed by atoms with van der Waals surface area (Å²) in [4.78, 5) is 11.9. The molecule has 0 amide bonds. The lowest BCUT2D eigenvalue weighted by molar-refractivity contribution is -0.139. The van der Waals surface area contributed by atoms with Crippen LogP contribution in [-0.4, -0.2) is 37.5 Å². The second-order valence-corrected chi connectivity index (χ2v) is 6.36. The van der Waals surface area contributed by atoms with Crippen LogP contribution in [0.25, 0.3) is 5.76 Å². The summed E-state index contributed by atoms with van der Waals surface area (Å²) in [5.41, 5.74) is -0.355. The Morgan fingerprint density at radius 3 is 2.83 bits per heavy atom. The molecular formula is C10H11NO5S2. The zero-order chi connectivity index (χ0) is 13.5. The average molecular weight is 289 g/mol. The standard InChI is InChI=1S/C10H11NO5S2/c1-3-16-10(13)7-8(12)9-6(4-5-17-9)18(14,15)11(7)2/h4-5,12H,3H2,1-2H3. The Hall–Kier alpha value is -1.54. The molecule has 8 heteroatoms. The number of esters is 1. The van der Waals surface area contributed by atoms with Gasteiger partial charge in [0, 0.05) is 7.05 Å². The molecule has 1 aliphatic heterocycles. The van der Waals surface area contributed by atoms with Crippen molar-refractivity contribution in [3.63, 3.8) is 0 Å². The van der Waals surface area contributed by atoms with Crippen LogP contribution in [0.1, 0.15) is 11.8 Å². The monoisotopic (exact) mass is 289 g/mol. The number of likely N-dealkylation sites (N-methyl/N-ethyl adjacent to an activating group) is 1. The first kappa shape index (κ1) is 12.9. The zero-order valence-corrected chi connectivity index (χ0v) is 11.3. The van der Waals surface area contributed by atoms with Crippen LogP contribution in [0.4, 0.5) is 0 Å². The molecule has 0 atom stereocenters. The van der Waals surface area contributed by atoms with Crippen molar-refractivity contribution in [3.05, 3.63) is 22.0 Å². The van der Waals surface area contributed by atoms with Crippen molar-refractivity contribution < 1.29 is 23.1 Å². The van der Waals surface area contributed by atoms with Crippen molar-refractivity contribution in [3.8, 4) is 0 Å². The molecular weight excluding hydrogens is 278 g/mol. The fourth-order valence-corrected chi connectivity index (χ4v) is 4.17. The van der Waals surface area contributed by atoms with E-state index in [0.29, 0.717) is 0 Å². The van der Waals surface area contributed by atoms with Gasteiger partial charge in [0.05, 0.1) is 11.5 Å². The van der Waals surface area contributed by atoms with Gasteiger partial charge in [-0.15, -0.1) is 11.3 Å². The topological polar surface area (TPSA) is 83.9 Å². The van der Waals surface area contributed by atoms with E-state index < -0.39 is 16.0 Å². The van der Waals surface area contributed by atoms with E-state index in [4.69, 9.17) is 4.74 Å². The third-order valence-electron chi connectivity index (χ3n) is 2.49. The molecule has 6 nitrogen and oxygen atoms in total. The number of sulfonamides is 1. The number of carbonyl (C=O) groups excluding carboxylic acids is 1. The summed E-state index contributed by atoms with van der Waals surface area (Å²) in [5.74, 6) is -1.23. The van der Waals surface area contributed by atoms with Crippen molar-refractivity contribution in [2.45, 2.75) is 11.8 Å². The maximum absolute atomic E-state index is 12.1. The summed E-state index contributed by atoms with van der Waals surface area (Å²) in [6.45, 7) is 1.70. The number of carbonyl (C=O) groups is 1. The van der Waals surface area contributed by atoms with Gasteiger partial charge in [0.15, 0.2) is 11.5 Å². The number of ether oxygens (including phenoxy) is 1. The lowest BCUT2D eigenvalue weighted by atomic mass is 10.3. The Bertz CT molecular complexity index is 628. The quantitative estimate of drug-likeness (QED) is 0.826. The van der Waals surface area contributed by atoms with Gasteiger partial charge >= 0.3 is 5.97 Å². The number of hydrogen-bond acceptors (Lipinski definition) is 6. The maximum Gasteiger partial charge on any atom is 0.359 e. The lowest BCUT2D eigenvalue weighted by Gasteiger charge is -2.25. The molecule has 0 saturated heterocycles. The SMILES string of the molecule is CCOC(=O)C1=C(O)c2sccc2S(=O)(=O)N1C. The van der Waals surface area contributed by atoms with E-state index in [1.807, 2.05) is 0 Å². The van der Waals surface area contributed by atoms with E-state index in [9.17, 15) is 18.3 Å². The minimum Gasteiger partial charge on any atom is -0.504 e. The van der Waals surface area contributed by atoms with Gasteiger partial charge in [0.25, 0.3) is 10.0 Å². The number of aliphatic hydroxyl groups is 1. The first-order valence-corrected chi connectivity index (χ1v) is 7.40. The van der Waals surface area contributed by atoms with Gasteiger partial charge in [-0.1, -0.05) is 0 Å². The highest BCUT2D eigenvalue weighted by Gasteiger charge is 2.39. The molecule has 0 radical (unpaired) electrons. The van der Waals surface area contributed by atoms with Gasteiger partial charge in [-0.2, -0.15) is 0 Å². The number of aliphatic hydroxyl groups excluding tert-OH is 1. The first-order valence-electron chi connectivity index (χ1n) is 5.08. The number of thiophene rings is 1. The summed E-state index contributed by atoms with van der Waals surface area (Å²) < 4.78 is 29.7. The Balaban J connectivity index is 2.66. The molecule has 1 aromatic heterocycles. The highest BCUT2D eigenvalue weighted by Crippen LogP contribution is 2.38. The van der Waals surface area contributed by atoms with Crippen molar-refractivity contribution in [2.24, 2.45) is 0 Å². The Morgan fingerprint density at radius 2 is 2.22 bits per heavy atom. The van der Waals surface area contributed by atoms with Gasteiger partial charge < -0.3 is 9.84 Å². The largest absolute Gasteiger partial charge is 0.504 e. The number of rotatable bonds is 2. The summed E-state index contributed by atoms with van der Waals surface area (Å²) in [7, 11) is -2.59. The van der Waals surface area contributed by atoms with Crippen LogP contribution in [-0.2, 0) is 19.6 Å². The van der Waals surface area contributed by atoms with E-state index in [-0.39, 0.29) is 27.8 Å². The molecule has 18 heavy (non-hydrogen) atoms. The Morgan fingerprint density at radius 1 is 1.56 bits per heavy atom. The summed E-state index contributed by atoms with van der Waals surface area (Å²) in [5, 5.41) is 11.5. The molecule has 0 aromatic carbocycles. The van der Waals surface area contributed by atoms with Crippen LogP contribution in [0, 0.1) is 0 Å². The molecule has 98 valence electrons. The van der Waals surface area contributed by atoms with E-state index in [1.165, 1.54) is 13.1 Å². The van der Waals surface area contributed by atoms with Crippen molar-refractivity contribution in [1.29, 1.82) is 0 Å². The molecule has 0 unspecified atom stereocenters. The smallest absolute Gasteiger partial charge is 0.359 e. The molecule has 1 aromatic rings. The minimum atomic E-state index is -3.80. The number of hydrogen-bond donors (Lipinski definition) is 1. The lowest BCUT2D eigenvalue weighted by Crippen LogP contribution is -2.35. The minimum absolute atomic E-state index is 0.000508. The van der Waals surface area contributed by atoms with Crippen LogP contribution >= 0.6 is 11.3 Å². The van der Waals surface area contributed by atoms with E-state index >= 15 is 0 Å². The third-order valence-corrected chi connectivity index (χ3v) is 5.34. The van der Waals surface area contributed by atoms with E-state index in [0.717, 1.165) is 15.6 Å². The second-order valence-electron chi connectivity index (χ2n) is 3.50. The summed E-state index contributed by atoms with van der Waals surface area (Å²) >= 11 is 1.06. The zero-order valence-electron chi connectivity index (χ0n) is 9.71. The van der Waals surface area contributed by atoms with Crippen molar-refractivity contribution in [1.82, 2.24) is 4.31 Å². The molecule has 0 spiro atoms. The van der Waals surface area contributed by atoms with Gasteiger partial charge in [-0.25, -0.2) is 13.2 Å².